The second-order valence-electron chi connectivity index (χ2n) is 6.82. The lowest BCUT2D eigenvalue weighted by molar-refractivity contribution is -0.127. The number of nitrogens with one attached hydrogen (secondary N) is 1. The van der Waals surface area contributed by atoms with Crippen LogP contribution in [0.1, 0.15) is 37.6 Å². The van der Waals surface area contributed by atoms with Crippen LogP contribution < -0.4 is 10.1 Å². The van der Waals surface area contributed by atoms with Gasteiger partial charge in [-0.25, -0.2) is 9.48 Å². The van der Waals surface area contributed by atoms with Crippen molar-refractivity contribution in [3.8, 4) is 11.8 Å². The Hall–Kier alpha value is -3.41. The van der Waals surface area contributed by atoms with Crippen LogP contribution in [0.2, 0.25) is 0 Å². The number of carbonyl (C=O) groups is 2. The van der Waals surface area contributed by atoms with E-state index in [-0.39, 0.29) is 18.5 Å². The molecule has 0 radical (unpaired) electrons. The minimum Gasteiger partial charge on any atom is -0.494 e. The van der Waals surface area contributed by atoms with Crippen LogP contribution >= 0.6 is 0 Å². The molecule has 0 spiro atoms. The van der Waals surface area contributed by atoms with Gasteiger partial charge in [0.25, 0.3) is 5.91 Å². The lowest BCUT2D eigenvalue weighted by atomic mass is 10.1. The number of amides is 3. The molecule has 1 saturated heterocycles. The second kappa shape index (κ2) is 8.52. The van der Waals surface area contributed by atoms with Gasteiger partial charge >= 0.3 is 6.03 Å². The Morgan fingerprint density at radius 2 is 2.04 bits per heavy atom. The van der Waals surface area contributed by atoms with E-state index in [9.17, 15) is 9.59 Å². The normalized spacial score (nSPS) is 16.4. The summed E-state index contributed by atoms with van der Waals surface area (Å²) in [6, 6.07) is 7.98. The summed E-state index contributed by atoms with van der Waals surface area (Å²) in [5.41, 5.74) is 1.23. The first-order valence-electron chi connectivity index (χ1n) is 9.13. The van der Waals surface area contributed by atoms with Crippen molar-refractivity contribution in [2.75, 3.05) is 13.2 Å². The summed E-state index contributed by atoms with van der Waals surface area (Å²) in [6.45, 7) is 4.61. The van der Waals surface area contributed by atoms with E-state index in [1.807, 2.05) is 19.9 Å². The fraction of sp³-hybridized carbons (Fsp3) is 0.421. The summed E-state index contributed by atoms with van der Waals surface area (Å²) in [6.07, 6.45) is 2.61. The van der Waals surface area contributed by atoms with Crippen LogP contribution in [-0.4, -0.2) is 51.0 Å². The molecule has 146 valence electrons. The maximum Gasteiger partial charge on any atom is 0.324 e. The van der Waals surface area contributed by atoms with Crippen molar-refractivity contribution in [1.29, 1.82) is 5.26 Å². The van der Waals surface area contributed by atoms with Crippen LogP contribution in [0.4, 0.5) is 4.79 Å². The molecule has 1 N–H and O–H groups in total. The summed E-state index contributed by atoms with van der Waals surface area (Å²) >= 11 is 0. The molecule has 1 aliphatic heterocycles. The molecule has 1 aromatic heterocycles. The van der Waals surface area contributed by atoms with Gasteiger partial charge in [-0.3, -0.25) is 9.69 Å². The lowest BCUT2D eigenvalue weighted by Crippen LogP contribution is -2.33. The Morgan fingerprint density at radius 1 is 1.29 bits per heavy atom. The highest BCUT2D eigenvalue weighted by Gasteiger charge is 2.37. The van der Waals surface area contributed by atoms with E-state index >= 15 is 0 Å². The molecule has 0 bridgehead atoms. The monoisotopic (exact) mass is 382 g/mol. The van der Waals surface area contributed by atoms with Gasteiger partial charge in [0.2, 0.25) is 0 Å². The van der Waals surface area contributed by atoms with E-state index in [0.29, 0.717) is 36.5 Å². The summed E-state index contributed by atoms with van der Waals surface area (Å²) in [7, 11) is 0. The summed E-state index contributed by atoms with van der Waals surface area (Å²) < 4.78 is 7.30. The Morgan fingerprint density at radius 3 is 2.68 bits per heavy atom. The van der Waals surface area contributed by atoms with Gasteiger partial charge in [-0.1, -0.05) is 5.21 Å². The number of rotatable bonds is 8. The highest BCUT2D eigenvalue weighted by Crippen LogP contribution is 2.14. The van der Waals surface area contributed by atoms with Crippen LogP contribution in [0.5, 0.6) is 5.75 Å². The fourth-order valence-electron chi connectivity index (χ4n) is 2.83. The smallest absolute Gasteiger partial charge is 0.324 e. The molecule has 1 aromatic carbocycles. The quantitative estimate of drug-likeness (QED) is 0.549. The predicted octanol–water partition coefficient (Wildman–Crippen LogP) is 1.66. The molecular formula is C19H22N6O3. The van der Waals surface area contributed by atoms with E-state index in [4.69, 9.17) is 10.00 Å². The van der Waals surface area contributed by atoms with Gasteiger partial charge in [0, 0.05) is 25.2 Å². The SMILES string of the molecule is CC(C)n1cc(C[C@H]2NC(=O)N(CCCOc3ccc(C#N)cc3)C2=O)nn1. The third-order valence-electron chi connectivity index (χ3n) is 4.39. The third-order valence-corrected chi connectivity index (χ3v) is 4.39. The lowest BCUT2D eigenvalue weighted by Gasteiger charge is -2.13. The molecule has 1 aliphatic rings. The molecule has 2 heterocycles. The van der Waals surface area contributed by atoms with Gasteiger partial charge in [0.05, 0.1) is 23.9 Å². The van der Waals surface area contributed by atoms with Crippen molar-refractivity contribution in [1.82, 2.24) is 25.2 Å². The molecule has 3 amide bonds. The van der Waals surface area contributed by atoms with Crippen LogP contribution in [0.3, 0.4) is 0 Å². The predicted molar refractivity (Wildman–Crippen MR) is 99.4 cm³/mol. The molecule has 2 aromatic rings. The zero-order chi connectivity index (χ0) is 20.1. The number of carbonyl (C=O) groups excluding carboxylic acids is 2. The van der Waals surface area contributed by atoms with Crippen LogP contribution in [0.15, 0.2) is 30.5 Å². The average Bonchev–Trinajstić information content (AvgIpc) is 3.25. The Labute approximate surface area is 162 Å². The van der Waals surface area contributed by atoms with Crippen LogP contribution in [0.25, 0.3) is 0 Å². The molecule has 9 nitrogen and oxygen atoms in total. The molecule has 1 fully saturated rings. The van der Waals surface area contributed by atoms with Crippen molar-refractivity contribution in [3.63, 3.8) is 0 Å². The number of imide groups is 1. The Kier molecular flexibility index (Phi) is 5.89. The summed E-state index contributed by atoms with van der Waals surface area (Å²) in [5.74, 6) is 0.379. The second-order valence-corrected chi connectivity index (χ2v) is 6.82. The first-order valence-corrected chi connectivity index (χ1v) is 9.13. The van der Waals surface area contributed by atoms with Gasteiger partial charge < -0.3 is 10.1 Å². The standard InChI is InChI=1S/C19H22N6O3/c1-13(2)25-12-15(22-23-25)10-17-18(26)24(19(27)21-17)8-3-9-28-16-6-4-14(11-20)5-7-16/h4-7,12-13,17H,3,8-10H2,1-2H3,(H,21,27)/t17-/m1/s1. The zero-order valence-corrected chi connectivity index (χ0v) is 15.8. The maximum atomic E-state index is 12.5. The largest absolute Gasteiger partial charge is 0.494 e. The van der Waals surface area contributed by atoms with Gasteiger partial charge in [0.1, 0.15) is 11.8 Å². The number of ether oxygens (including phenoxy) is 1. The number of urea groups is 1. The van der Waals surface area contributed by atoms with Crippen molar-refractivity contribution in [2.45, 2.75) is 38.8 Å². The number of nitriles is 1. The topological polar surface area (TPSA) is 113 Å². The molecule has 0 unspecified atom stereocenters. The van der Waals surface area contributed by atoms with Gasteiger partial charge in [-0.15, -0.1) is 5.10 Å². The molecular weight excluding hydrogens is 360 g/mol. The third kappa shape index (κ3) is 4.46. The van der Waals surface area contributed by atoms with Crippen molar-refractivity contribution >= 4 is 11.9 Å². The van der Waals surface area contributed by atoms with E-state index in [0.717, 1.165) is 0 Å². The summed E-state index contributed by atoms with van der Waals surface area (Å²) in [4.78, 5) is 25.8. The van der Waals surface area contributed by atoms with Crippen molar-refractivity contribution < 1.29 is 14.3 Å². The Bertz CT molecular complexity index is 884. The average molecular weight is 382 g/mol. The van der Waals surface area contributed by atoms with Crippen molar-refractivity contribution in [3.05, 3.63) is 41.7 Å². The Balaban J connectivity index is 1.47. The van der Waals surface area contributed by atoms with Crippen LogP contribution in [0, 0.1) is 11.3 Å². The molecule has 3 rings (SSSR count). The fourth-order valence-corrected chi connectivity index (χ4v) is 2.83. The van der Waals surface area contributed by atoms with Gasteiger partial charge in [-0.2, -0.15) is 5.26 Å². The minimum atomic E-state index is -0.621. The zero-order valence-electron chi connectivity index (χ0n) is 15.8. The highest BCUT2D eigenvalue weighted by molar-refractivity contribution is 6.04. The van der Waals surface area contributed by atoms with E-state index < -0.39 is 12.1 Å². The number of benzene rings is 1. The van der Waals surface area contributed by atoms with Gasteiger partial charge in [0.15, 0.2) is 0 Å². The summed E-state index contributed by atoms with van der Waals surface area (Å²) in [5, 5.41) is 19.6. The number of nitrogens with zero attached hydrogens (tertiary/aromatic N) is 5. The number of aromatic nitrogens is 3. The van der Waals surface area contributed by atoms with Crippen LogP contribution in [-0.2, 0) is 11.2 Å². The molecule has 28 heavy (non-hydrogen) atoms. The molecule has 9 heteroatoms. The number of hydrogen-bond acceptors (Lipinski definition) is 6. The maximum absolute atomic E-state index is 12.5. The van der Waals surface area contributed by atoms with E-state index in [1.54, 1.807) is 35.1 Å². The highest BCUT2D eigenvalue weighted by atomic mass is 16.5. The number of hydrogen-bond donors (Lipinski definition) is 1. The van der Waals surface area contributed by atoms with Crippen molar-refractivity contribution in [2.24, 2.45) is 0 Å². The van der Waals surface area contributed by atoms with E-state index in [2.05, 4.69) is 15.6 Å². The molecule has 1 atom stereocenters. The minimum absolute atomic E-state index is 0.183. The molecule has 0 saturated carbocycles. The first kappa shape index (κ1) is 19.4. The van der Waals surface area contributed by atoms with E-state index in [1.165, 1.54) is 4.90 Å². The molecule has 0 aliphatic carbocycles. The first-order chi connectivity index (χ1) is 13.5. The van der Waals surface area contributed by atoms with Gasteiger partial charge in [-0.05, 0) is 44.5 Å².